The van der Waals surface area contributed by atoms with E-state index in [4.69, 9.17) is 0 Å². The van der Waals surface area contributed by atoms with Crippen molar-refractivity contribution in [1.82, 2.24) is 19.5 Å². The fraction of sp³-hybridized carbons (Fsp3) is 0.308. The molecular formula is C13H13FN4. The molecular weight excluding hydrogens is 231 g/mol. The van der Waals surface area contributed by atoms with E-state index in [2.05, 4.69) is 15.0 Å². The molecule has 2 heterocycles. The van der Waals surface area contributed by atoms with Crippen molar-refractivity contribution in [3.63, 3.8) is 0 Å². The molecule has 4 nitrogen and oxygen atoms in total. The number of imidazole rings is 1. The standard InChI is InChI=1S/C13H13FN4/c1-7(2)11-8-4-9-13(17-6-18(9)3)10(14)12(8)16-5-15-11/h4-7H,1-3H3. The van der Waals surface area contributed by atoms with Gasteiger partial charge in [0.15, 0.2) is 5.82 Å². The number of fused-ring (bicyclic) bond motifs is 2. The summed E-state index contributed by atoms with van der Waals surface area (Å²) in [6.45, 7) is 4.07. The van der Waals surface area contributed by atoms with Gasteiger partial charge in [0.05, 0.1) is 17.5 Å². The number of aryl methyl sites for hydroxylation is 1. The summed E-state index contributed by atoms with van der Waals surface area (Å²) < 4.78 is 16.2. The van der Waals surface area contributed by atoms with E-state index >= 15 is 0 Å². The first-order valence-electron chi connectivity index (χ1n) is 5.83. The van der Waals surface area contributed by atoms with E-state index in [-0.39, 0.29) is 11.7 Å². The van der Waals surface area contributed by atoms with E-state index in [0.717, 1.165) is 16.6 Å². The molecule has 2 aromatic heterocycles. The summed E-state index contributed by atoms with van der Waals surface area (Å²) in [5, 5.41) is 0.765. The van der Waals surface area contributed by atoms with Crippen molar-refractivity contribution < 1.29 is 4.39 Å². The minimum Gasteiger partial charge on any atom is -0.334 e. The number of halogens is 1. The molecule has 3 rings (SSSR count). The van der Waals surface area contributed by atoms with Gasteiger partial charge in [-0.3, -0.25) is 0 Å². The summed E-state index contributed by atoms with van der Waals surface area (Å²) in [6, 6.07) is 1.91. The third-order valence-electron chi connectivity index (χ3n) is 3.14. The van der Waals surface area contributed by atoms with Crippen LogP contribution in [0.4, 0.5) is 4.39 Å². The van der Waals surface area contributed by atoms with Crippen molar-refractivity contribution in [3.05, 3.63) is 30.2 Å². The molecule has 5 heteroatoms. The van der Waals surface area contributed by atoms with Gasteiger partial charge in [0.25, 0.3) is 0 Å². The summed E-state index contributed by atoms with van der Waals surface area (Å²) in [7, 11) is 1.85. The zero-order valence-electron chi connectivity index (χ0n) is 10.5. The Bertz CT molecular complexity index is 745. The molecule has 0 fully saturated rings. The monoisotopic (exact) mass is 244 g/mol. The number of aromatic nitrogens is 4. The van der Waals surface area contributed by atoms with Gasteiger partial charge in [-0.05, 0) is 12.0 Å². The van der Waals surface area contributed by atoms with Gasteiger partial charge in [-0.1, -0.05) is 13.8 Å². The molecule has 0 saturated heterocycles. The number of hydrogen-bond donors (Lipinski definition) is 0. The van der Waals surface area contributed by atoms with Crippen molar-refractivity contribution in [2.24, 2.45) is 7.05 Å². The Morgan fingerprint density at radius 2 is 1.94 bits per heavy atom. The second-order valence-electron chi connectivity index (χ2n) is 4.72. The van der Waals surface area contributed by atoms with Gasteiger partial charge in [0, 0.05) is 12.4 Å². The SMILES string of the molecule is CC(C)c1ncnc2c(F)c3ncn(C)c3cc12. The lowest BCUT2D eigenvalue weighted by molar-refractivity contribution is 0.645. The van der Waals surface area contributed by atoms with E-state index in [1.807, 2.05) is 27.0 Å². The Balaban J connectivity index is 2.53. The molecule has 92 valence electrons. The average molecular weight is 244 g/mol. The maximum atomic E-state index is 14.4. The Labute approximate surface area is 103 Å². The highest BCUT2D eigenvalue weighted by Crippen LogP contribution is 2.28. The van der Waals surface area contributed by atoms with Gasteiger partial charge in [-0.2, -0.15) is 0 Å². The van der Waals surface area contributed by atoms with E-state index in [0.29, 0.717) is 11.0 Å². The van der Waals surface area contributed by atoms with Crippen LogP contribution in [0.15, 0.2) is 18.7 Å². The summed E-state index contributed by atoms with van der Waals surface area (Å²) in [4.78, 5) is 12.4. The molecule has 0 amide bonds. The fourth-order valence-electron chi connectivity index (χ4n) is 2.21. The summed E-state index contributed by atoms with van der Waals surface area (Å²) in [5.41, 5.74) is 2.33. The first-order chi connectivity index (χ1) is 8.59. The van der Waals surface area contributed by atoms with Gasteiger partial charge >= 0.3 is 0 Å². The van der Waals surface area contributed by atoms with Crippen LogP contribution >= 0.6 is 0 Å². The third-order valence-corrected chi connectivity index (χ3v) is 3.14. The molecule has 1 aromatic carbocycles. The normalized spacial score (nSPS) is 11.8. The van der Waals surface area contributed by atoms with Crippen molar-refractivity contribution in [1.29, 1.82) is 0 Å². The minimum absolute atomic E-state index is 0.223. The lowest BCUT2D eigenvalue weighted by atomic mass is 10.0. The zero-order chi connectivity index (χ0) is 12.9. The summed E-state index contributed by atoms with van der Waals surface area (Å²) in [6.07, 6.45) is 3.02. The van der Waals surface area contributed by atoms with Crippen molar-refractivity contribution in [2.75, 3.05) is 0 Å². The van der Waals surface area contributed by atoms with Gasteiger partial charge in [0.1, 0.15) is 17.4 Å². The van der Waals surface area contributed by atoms with Gasteiger partial charge in [0.2, 0.25) is 0 Å². The molecule has 0 bridgehead atoms. The van der Waals surface area contributed by atoms with Crippen LogP contribution in [0.1, 0.15) is 25.5 Å². The highest BCUT2D eigenvalue weighted by molar-refractivity contribution is 5.95. The molecule has 3 aromatic rings. The predicted molar refractivity (Wildman–Crippen MR) is 67.9 cm³/mol. The highest BCUT2D eigenvalue weighted by Gasteiger charge is 2.16. The largest absolute Gasteiger partial charge is 0.334 e. The average Bonchev–Trinajstić information content (AvgIpc) is 2.71. The van der Waals surface area contributed by atoms with E-state index in [9.17, 15) is 4.39 Å². The smallest absolute Gasteiger partial charge is 0.177 e. The highest BCUT2D eigenvalue weighted by atomic mass is 19.1. The third kappa shape index (κ3) is 1.40. The van der Waals surface area contributed by atoms with Crippen molar-refractivity contribution in [2.45, 2.75) is 19.8 Å². The number of hydrogen-bond acceptors (Lipinski definition) is 3. The molecule has 0 spiro atoms. The number of rotatable bonds is 1. The molecule has 0 atom stereocenters. The molecule has 0 saturated carbocycles. The maximum absolute atomic E-state index is 14.4. The second-order valence-corrected chi connectivity index (χ2v) is 4.72. The Kier molecular flexibility index (Phi) is 2.29. The van der Waals surface area contributed by atoms with Crippen LogP contribution in [0.3, 0.4) is 0 Å². The Hall–Kier alpha value is -2.04. The van der Waals surface area contributed by atoms with Crippen LogP contribution in [-0.2, 0) is 7.05 Å². The van der Waals surface area contributed by atoms with Gasteiger partial charge in [-0.25, -0.2) is 19.3 Å². The van der Waals surface area contributed by atoms with E-state index < -0.39 is 0 Å². The fourth-order valence-corrected chi connectivity index (χ4v) is 2.21. The van der Waals surface area contributed by atoms with Crippen LogP contribution < -0.4 is 0 Å². The summed E-state index contributed by atoms with van der Waals surface area (Å²) >= 11 is 0. The molecule has 18 heavy (non-hydrogen) atoms. The Morgan fingerprint density at radius 1 is 1.17 bits per heavy atom. The van der Waals surface area contributed by atoms with Crippen molar-refractivity contribution in [3.8, 4) is 0 Å². The van der Waals surface area contributed by atoms with Gasteiger partial charge in [-0.15, -0.1) is 0 Å². The van der Waals surface area contributed by atoms with Crippen LogP contribution in [0, 0.1) is 5.82 Å². The van der Waals surface area contributed by atoms with Crippen LogP contribution in [0.2, 0.25) is 0 Å². The molecule has 0 unspecified atom stereocenters. The molecule has 0 aliphatic carbocycles. The van der Waals surface area contributed by atoms with E-state index in [1.165, 1.54) is 6.33 Å². The first kappa shape index (κ1) is 11.1. The zero-order valence-corrected chi connectivity index (χ0v) is 10.5. The first-order valence-corrected chi connectivity index (χ1v) is 5.83. The van der Waals surface area contributed by atoms with Crippen molar-refractivity contribution >= 4 is 21.9 Å². The molecule has 0 aliphatic heterocycles. The Morgan fingerprint density at radius 3 is 2.67 bits per heavy atom. The van der Waals surface area contributed by atoms with Gasteiger partial charge < -0.3 is 4.57 Å². The topological polar surface area (TPSA) is 43.6 Å². The van der Waals surface area contributed by atoms with Crippen LogP contribution in [-0.4, -0.2) is 19.5 Å². The second kappa shape index (κ2) is 3.73. The molecule has 0 radical (unpaired) electrons. The number of nitrogens with zero attached hydrogens (tertiary/aromatic N) is 4. The maximum Gasteiger partial charge on any atom is 0.177 e. The molecule has 0 N–H and O–H groups in total. The lowest BCUT2D eigenvalue weighted by Gasteiger charge is -2.09. The molecule has 0 aliphatic rings. The van der Waals surface area contributed by atoms with Crippen LogP contribution in [0.25, 0.3) is 21.9 Å². The van der Waals surface area contributed by atoms with E-state index in [1.54, 1.807) is 10.9 Å². The number of benzene rings is 1. The lowest BCUT2D eigenvalue weighted by Crippen LogP contribution is -1.98. The summed E-state index contributed by atoms with van der Waals surface area (Å²) in [5.74, 6) is -0.145. The quantitative estimate of drug-likeness (QED) is 0.661. The minimum atomic E-state index is -0.368. The van der Waals surface area contributed by atoms with Crippen LogP contribution in [0.5, 0.6) is 0 Å². The predicted octanol–water partition coefficient (Wildman–Crippen LogP) is 2.78.